The zero-order valence-corrected chi connectivity index (χ0v) is 14.8. The van der Waals surface area contributed by atoms with Crippen LogP contribution in [0.3, 0.4) is 0 Å². The van der Waals surface area contributed by atoms with E-state index in [1.807, 2.05) is 4.90 Å². The summed E-state index contributed by atoms with van der Waals surface area (Å²) < 4.78 is 18.6. The number of aryl methyl sites for hydroxylation is 1. The first-order valence-electron chi connectivity index (χ1n) is 8.74. The summed E-state index contributed by atoms with van der Waals surface area (Å²) in [5.41, 5.74) is 1.53. The molecule has 2 saturated heterocycles. The van der Waals surface area contributed by atoms with Crippen LogP contribution < -0.4 is 0 Å². The van der Waals surface area contributed by atoms with Crippen molar-refractivity contribution in [1.82, 2.24) is 9.80 Å². The standard InChI is InChI=1S/C19H27FN2O2/c1-14-12-15(20)4-5-17(14)18(23)22-10-8-19(9-11-22)7-6-16(13-24-3)21(19)2/h4-5,12,16H,6-11,13H2,1-3H3/t16-/m1/s1. The number of likely N-dealkylation sites (N-methyl/N-ethyl adjacent to an activating group) is 1. The van der Waals surface area contributed by atoms with Crippen molar-refractivity contribution in [3.8, 4) is 0 Å². The van der Waals surface area contributed by atoms with Gasteiger partial charge in [0.15, 0.2) is 0 Å². The van der Waals surface area contributed by atoms with Gasteiger partial charge >= 0.3 is 0 Å². The minimum atomic E-state index is -0.293. The van der Waals surface area contributed by atoms with Crippen LogP contribution in [0.2, 0.25) is 0 Å². The number of likely N-dealkylation sites (tertiary alicyclic amines) is 2. The van der Waals surface area contributed by atoms with Crippen LogP contribution in [-0.2, 0) is 4.74 Å². The lowest BCUT2D eigenvalue weighted by Gasteiger charge is -2.45. The van der Waals surface area contributed by atoms with Crippen molar-refractivity contribution in [2.75, 3.05) is 33.9 Å². The van der Waals surface area contributed by atoms with Crippen LogP contribution in [-0.4, -0.2) is 61.1 Å². The second-order valence-corrected chi connectivity index (χ2v) is 7.23. The van der Waals surface area contributed by atoms with Crippen molar-refractivity contribution in [3.05, 3.63) is 35.1 Å². The summed E-state index contributed by atoms with van der Waals surface area (Å²) in [6.45, 7) is 4.09. The molecule has 1 atom stereocenters. The zero-order chi connectivity index (χ0) is 17.3. The Morgan fingerprint density at radius 3 is 2.67 bits per heavy atom. The highest BCUT2D eigenvalue weighted by Gasteiger charge is 2.46. The number of methoxy groups -OCH3 is 1. The van der Waals surface area contributed by atoms with Gasteiger partial charge in [-0.25, -0.2) is 4.39 Å². The summed E-state index contributed by atoms with van der Waals surface area (Å²) in [5, 5.41) is 0. The van der Waals surface area contributed by atoms with Crippen LogP contribution in [0.1, 0.15) is 41.6 Å². The van der Waals surface area contributed by atoms with Crippen molar-refractivity contribution >= 4 is 5.91 Å². The number of piperidine rings is 1. The fourth-order valence-corrected chi connectivity index (χ4v) is 4.35. The van der Waals surface area contributed by atoms with E-state index in [0.29, 0.717) is 17.2 Å². The SMILES string of the molecule is COC[C@H]1CCC2(CCN(C(=O)c3ccc(F)cc3C)CC2)N1C. The van der Waals surface area contributed by atoms with Gasteiger partial charge in [-0.15, -0.1) is 0 Å². The van der Waals surface area contributed by atoms with Crippen LogP contribution in [0, 0.1) is 12.7 Å². The van der Waals surface area contributed by atoms with E-state index in [9.17, 15) is 9.18 Å². The van der Waals surface area contributed by atoms with E-state index in [0.717, 1.165) is 39.0 Å². The van der Waals surface area contributed by atoms with E-state index in [-0.39, 0.29) is 17.3 Å². The maximum Gasteiger partial charge on any atom is 0.254 e. The van der Waals surface area contributed by atoms with Gasteiger partial charge in [0.2, 0.25) is 0 Å². The number of hydrogen-bond donors (Lipinski definition) is 0. The molecule has 5 heteroatoms. The van der Waals surface area contributed by atoms with Crippen molar-refractivity contribution in [1.29, 1.82) is 0 Å². The number of ether oxygens (including phenoxy) is 1. The molecule has 0 aromatic heterocycles. The molecule has 1 amide bonds. The number of rotatable bonds is 3. The maximum absolute atomic E-state index is 13.3. The summed E-state index contributed by atoms with van der Waals surface area (Å²) in [5.74, 6) is -0.269. The second kappa shape index (κ2) is 6.81. The number of halogens is 1. The number of benzene rings is 1. The molecule has 0 N–H and O–H groups in total. The van der Waals surface area contributed by atoms with Crippen LogP contribution in [0.4, 0.5) is 4.39 Å². The van der Waals surface area contributed by atoms with E-state index < -0.39 is 0 Å². The predicted octanol–water partition coefficient (Wildman–Crippen LogP) is 2.85. The minimum absolute atomic E-state index is 0.0245. The fraction of sp³-hybridized carbons (Fsp3) is 0.632. The summed E-state index contributed by atoms with van der Waals surface area (Å²) >= 11 is 0. The molecule has 0 bridgehead atoms. The van der Waals surface area contributed by atoms with Gasteiger partial charge < -0.3 is 9.64 Å². The molecule has 2 aliphatic rings. The molecule has 0 radical (unpaired) electrons. The molecular formula is C19H27FN2O2. The fourth-order valence-electron chi connectivity index (χ4n) is 4.35. The molecule has 1 spiro atoms. The molecule has 3 rings (SSSR count). The first-order chi connectivity index (χ1) is 11.5. The predicted molar refractivity (Wildman–Crippen MR) is 91.7 cm³/mol. The molecule has 2 aliphatic heterocycles. The quantitative estimate of drug-likeness (QED) is 0.852. The lowest BCUT2D eigenvalue weighted by Crippen LogP contribution is -2.54. The molecule has 0 saturated carbocycles. The third-order valence-corrected chi connectivity index (χ3v) is 6.00. The van der Waals surface area contributed by atoms with E-state index in [2.05, 4.69) is 11.9 Å². The van der Waals surface area contributed by atoms with Crippen molar-refractivity contribution in [2.45, 2.75) is 44.2 Å². The lowest BCUT2D eigenvalue weighted by atomic mass is 9.85. The first-order valence-corrected chi connectivity index (χ1v) is 8.74. The smallest absolute Gasteiger partial charge is 0.254 e. The van der Waals surface area contributed by atoms with Gasteiger partial charge in [0.1, 0.15) is 5.82 Å². The third kappa shape index (κ3) is 3.07. The zero-order valence-electron chi connectivity index (χ0n) is 14.8. The summed E-state index contributed by atoms with van der Waals surface area (Å²) in [4.78, 5) is 17.1. The van der Waals surface area contributed by atoms with Crippen molar-refractivity contribution in [2.24, 2.45) is 0 Å². The second-order valence-electron chi connectivity index (χ2n) is 7.23. The normalized spacial score (nSPS) is 23.8. The molecule has 1 aromatic carbocycles. The first kappa shape index (κ1) is 17.4. The van der Waals surface area contributed by atoms with Gasteiger partial charge in [0, 0.05) is 37.3 Å². The lowest BCUT2D eigenvalue weighted by molar-refractivity contribution is 0.0273. The molecule has 1 aromatic rings. The Hall–Kier alpha value is -1.46. The monoisotopic (exact) mass is 334 g/mol. The highest BCUT2D eigenvalue weighted by atomic mass is 19.1. The van der Waals surface area contributed by atoms with Crippen molar-refractivity contribution < 1.29 is 13.9 Å². The van der Waals surface area contributed by atoms with Crippen LogP contribution >= 0.6 is 0 Å². The highest BCUT2D eigenvalue weighted by molar-refractivity contribution is 5.95. The Morgan fingerprint density at radius 1 is 1.33 bits per heavy atom. The average Bonchev–Trinajstić information content (AvgIpc) is 2.85. The van der Waals surface area contributed by atoms with Crippen LogP contribution in [0.25, 0.3) is 0 Å². The molecule has 0 unspecified atom stereocenters. The van der Waals surface area contributed by atoms with Gasteiger partial charge in [0.25, 0.3) is 5.91 Å². The van der Waals surface area contributed by atoms with E-state index in [1.165, 1.54) is 18.6 Å². The van der Waals surface area contributed by atoms with Crippen LogP contribution in [0.15, 0.2) is 18.2 Å². The van der Waals surface area contributed by atoms with Gasteiger partial charge in [-0.2, -0.15) is 0 Å². The van der Waals surface area contributed by atoms with E-state index in [4.69, 9.17) is 4.74 Å². The van der Waals surface area contributed by atoms with Gasteiger partial charge in [-0.05, 0) is 63.4 Å². The van der Waals surface area contributed by atoms with Gasteiger partial charge in [0.05, 0.1) is 6.61 Å². The molecule has 24 heavy (non-hydrogen) atoms. The molecule has 2 fully saturated rings. The number of nitrogens with zero attached hydrogens (tertiary/aromatic N) is 2. The Bertz CT molecular complexity index is 611. The Morgan fingerprint density at radius 2 is 2.04 bits per heavy atom. The third-order valence-electron chi connectivity index (χ3n) is 6.00. The van der Waals surface area contributed by atoms with E-state index >= 15 is 0 Å². The summed E-state index contributed by atoms with van der Waals surface area (Å²) in [6, 6.07) is 4.88. The maximum atomic E-state index is 13.3. The Labute approximate surface area is 143 Å². The average molecular weight is 334 g/mol. The summed E-state index contributed by atoms with van der Waals surface area (Å²) in [7, 11) is 3.95. The van der Waals surface area contributed by atoms with Gasteiger partial charge in [-0.1, -0.05) is 0 Å². The highest BCUT2D eigenvalue weighted by Crippen LogP contribution is 2.40. The minimum Gasteiger partial charge on any atom is -0.383 e. The largest absolute Gasteiger partial charge is 0.383 e. The van der Waals surface area contributed by atoms with E-state index in [1.54, 1.807) is 20.1 Å². The molecule has 2 heterocycles. The van der Waals surface area contributed by atoms with Crippen molar-refractivity contribution in [3.63, 3.8) is 0 Å². The summed E-state index contributed by atoms with van der Waals surface area (Å²) in [6.07, 6.45) is 4.33. The molecular weight excluding hydrogens is 307 g/mol. The van der Waals surface area contributed by atoms with Crippen LogP contribution in [0.5, 0.6) is 0 Å². The molecule has 0 aliphatic carbocycles. The topological polar surface area (TPSA) is 32.8 Å². The molecule has 132 valence electrons. The number of carbonyl (C=O) groups excluding carboxylic acids is 1. The Kier molecular flexibility index (Phi) is 4.92. The Balaban J connectivity index is 1.66. The number of amides is 1. The molecule has 4 nitrogen and oxygen atoms in total. The van der Waals surface area contributed by atoms with Gasteiger partial charge in [-0.3, -0.25) is 9.69 Å². The number of carbonyl (C=O) groups is 1. The number of hydrogen-bond acceptors (Lipinski definition) is 3.